The number of benzene rings is 3. The Hall–Kier alpha value is -1.22. The van der Waals surface area contributed by atoms with Gasteiger partial charge in [-0.3, -0.25) is 0 Å². The topological polar surface area (TPSA) is 20.2 Å². The van der Waals surface area contributed by atoms with Crippen molar-refractivity contribution in [2.75, 3.05) is 6.61 Å². The van der Waals surface area contributed by atoms with Gasteiger partial charge in [0.2, 0.25) is 0 Å². The molecule has 0 aliphatic heterocycles. The Kier molecular flexibility index (Phi) is 13.2. The summed E-state index contributed by atoms with van der Waals surface area (Å²) < 4.78 is 0. The molecule has 0 fully saturated rings. The van der Waals surface area contributed by atoms with E-state index in [-0.39, 0.29) is 6.61 Å². The van der Waals surface area contributed by atoms with Crippen LogP contribution in [0.3, 0.4) is 0 Å². The van der Waals surface area contributed by atoms with Crippen LogP contribution in [-0.4, -0.2) is 21.2 Å². The van der Waals surface area contributed by atoms with Crippen LogP contribution in [0.4, 0.5) is 0 Å². The first-order valence-electron chi connectivity index (χ1n) is 10.5. The van der Waals surface area contributed by atoms with Crippen LogP contribution in [-0.2, 0) is 27.3 Å². The second-order valence-electron chi connectivity index (χ2n) is 7.16. The van der Waals surface area contributed by atoms with E-state index in [4.69, 9.17) is 22.1 Å². The molecule has 0 atom stereocenters. The Labute approximate surface area is 212 Å². The van der Waals surface area contributed by atoms with Crippen LogP contribution in [0.25, 0.3) is 32.3 Å². The van der Waals surface area contributed by atoms with Crippen LogP contribution in [0.15, 0.2) is 91.0 Å². The molecule has 0 aromatic heterocycles. The van der Waals surface area contributed by atoms with Crippen molar-refractivity contribution < 1.29 is 26.0 Å². The van der Waals surface area contributed by atoms with E-state index in [9.17, 15) is 0 Å². The summed E-state index contributed by atoms with van der Waals surface area (Å²) in [4.78, 5) is 0. The molecule has 0 aliphatic carbocycles. The molecule has 164 valence electrons. The molecule has 0 amide bonds. The summed E-state index contributed by atoms with van der Waals surface area (Å²) in [6.07, 6.45) is 1.83. The van der Waals surface area contributed by atoms with Gasteiger partial charge >= 0.3 is 37.9 Å². The average molecular weight is 559 g/mol. The van der Waals surface area contributed by atoms with Crippen LogP contribution >= 0.6 is 17.0 Å². The fourth-order valence-electron chi connectivity index (χ4n) is 3.61. The third-order valence-electron chi connectivity index (χ3n) is 4.90. The Morgan fingerprint density at radius 2 is 1.22 bits per heavy atom. The van der Waals surface area contributed by atoms with E-state index in [0.717, 1.165) is 22.4 Å². The zero-order valence-corrected chi connectivity index (χ0v) is 23.5. The van der Waals surface area contributed by atoms with Crippen LogP contribution in [0.2, 0.25) is 13.1 Å². The van der Waals surface area contributed by atoms with E-state index < -0.39 is 20.8 Å². The minimum atomic E-state index is -0.826. The van der Waals surface area contributed by atoms with E-state index in [0.29, 0.717) is 0 Å². The Bertz CT molecular complexity index is 1130. The van der Waals surface area contributed by atoms with Gasteiger partial charge in [-0.15, -0.1) is 80.8 Å². The molecule has 0 aliphatic rings. The van der Waals surface area contributed by atoms with Crippen molar-refractivity contribution in [1.82, 2.24) is 0 Å². The molecule has 0 heterocycles. The minimum Gasteiger partial charge on any atom is -0.126 e. The monoisotopic (exact) mass is 556 g/mol. The number of hydrogen-bond acceptors (Lipinski definition) is 1. The molecule has 0 saturated heterocycles. The number of hydrogen-bond donors (Lipinski definition) is 1. The fraction of sp³-hybridized carbons (Fsp3) is 0.185. The molecule has 5 rings (SSSR count). The molecule has 1 nitrogen and oxygen atoms in total. The maximum atomic E-state index is 8.74. The van der Waals surface area contributed by atoms with Crippen molar-refractivity contribution >= 4 is 58.9 Å². The number of fused-ring (bicyclic) bond motifs is 4. The third-order valence-corrected chi connectivity index (χ3v) is 4.90. The number of aryl methyl sites for hydroxylation is 1. The van der Waals surface area contributed by atoms with E-state index >= 15 is 0 Å². The fourth-order valence-corrected chi connectivity index (χ4v) is 3.61. The van der Waals surface area contributed by atoms with Crippen molar-refractivity contribution in [3.63, 3.8) is 0 Å². The molecule has 0 spiro atoms. The summed E-state index contributed by atoms with van der Waals surface area (Å²) in [5, 5.41) is 16.8. The molecule has 1 N–H and O–H groups in total. The summed E-state index contributed by atoms with van der Waals surface area (Å²) in [5.74, 6) is 0. The van der Waals surface area contributed by atoms with Crippen LogP contribution in [0.1, 0.15) is 12.0 Å². The zero-order valence-electron chi connectivity index (χ0n) is 18.5. The summed E-state index contributed by atoms with van der Waals surface area (Å²) in [6, 6.07) is 31.9. The largest absolute Gasteiger partial charge is 0.126 e. The number of rotatable bonds is 3. The van der Waals surface area contributed by atoms with Crippen LogP contribution < -0.4 is 0 Å². The number of aliphatic hydroxyl groups excluding tert-OH is 1. The molecule has 5 aromatic rings. The first kappa shape index (κ1) is 27.0. The zero-order chi connectivity index (χ0) is 23.2. The molecule has 0 saturated carbocycles. The van der Waals surface area contributed by atoms with E-state index in [1.54, 1.807) is 0 Å². The summed E-state index contributed by atoms with van der Waals surface area (Å²) in [5.41, 5.74) is 1.35. The smallest absolute Gasteiger partial charge is 0.0771 e. The number of halogens is 2. The molecule has 2 radical (unpaired) electrons. The molecular weight excluding hydrogens is 531 g/mol. The van der Waals surface area contributed by atoms with Gasteiger partial charge in [0, 0.05) is 16.1 Å². The Morgan fingerprint density at radius 3 is 1.72 bits per heavy atom. The van der Waals surface area contributed by atoms with Crippen molar-refractivity contribution in [3.05, 3.63) is 96.6 Å². The van der Waals surface area contributed by atoms with Gasteiger partial charge in [0.15, 0.2) is 0 Å². The second kappa shape index (κ2) is 15.6. The van der Waals surface area contributed by atoms with Gasteiger partial charge < -0.3 is 5.11 Å². The molecule has 5 aromatic carbocycles. The molecule has 5 heteroatoms. The first-order valence-corrected chi connectivity index (χ1v) is 18.8. The Morgan fingerprint density at radius 1 is 0.781 bits per heavy atom. The molecule has 0 unspecified atom stereocenters. The second-order valence-corrected chi connectivity index (χ2v) is 11.9. The summed E-state index contributed by atoms with van der Waals surface area (Å²) in [7, 11) is 11.0. The predicted molar refractivity (Wildman–Crippen MR) is 141 cm³/mol. The van der Waals surface area contributed by atoms with Crippen LogP contribution in [0, 0.1) is 0 Å². The van der Waals surface area contributed by atoms with Gasteiger partial charge in [0.1, 0.15) is 0 Å². The molecule has 32 heavy (non-hydrogen) atoms. The summed E-state index contributed by atoms with van der Waals surface area (Å²) in [6.45, 7) is 4.58. The number of aliphatic hydroxyl groups is 1. The van der Waals surface area contributed by atoms with Crippen molar-refractivity contribution in [2.24, 2.45) is 0 Å². The Balaban J connectivity index is 0.000000183. The van der Waals surface area contributed by atoms with Crippen LogP contribution in [0.5, 0.6) is 0 Å². The normalized spacial score (nSPS) is 9.78. The van der Waals surface area contributed by atoms with E-state index in [1.807, 2.05) is 0 Å². The minimum absolute atomic E-state index is 0.277. The maximum absolute atomic E-state index is 8.74. The summed E-state index contributed by atoms with van der Waals surface area (Å²) >= 11 is -0.826. The predicted octanol–water partition coefficient (Wildman–Crippen LogP) is 8.36. The van der Waals surface area contributed by atoms with Gasteiger partial charge in [-0.2, -0.15) is 5.56 Å². The quantitative estimate of drug-likeness (QED) is 0.174. The maximum Gasteiger partial charge on any atom is -0.0771 e. The van der Waals surface area contributed by atoms with Crippen molar-refractivity contribution in [2.45, 2.75) is 25.9 Å². The van der Waals surface area contributed by atoms with Gasteiger partial charge in [-0.25, -0.2) is 0 Å². The standard InChI is InChI=1S/C13H9.C12H13O.C2H6Si.2ClH.Zr/c1-3-7-12-10(5-1)9-11-6-2-4-8-13(11)12;13-9-3-5-11-8-7-10-4-1-2-6-12(10)11;1-3-2;;;/h1-9H;1-2,4,6-8,13H,3,5,9H2;1-2H3;2*1H;/q2*-1;;;;+4/p-2. The van der Waals surface area contributed by atoms with Gasteiger partial charge in [-0.1, -0.05) is 62.0 Å². The van der Waals surface area contributed by atoms with Gasteiger partial charge in [-0.05, 0) is 6.42 Å². The first-order chi connectivity index (χ1) is 15.7. The van der Waals surface area contributed by atoms with E-state index in [1.165, 1.54) is 37.9 Å². The van der Waals surface area contributed by atoms with Crippen molar-refractivity contribution in [3.8, 4) is 0 Å². The van der Waals surface area contributed by atoms with Gasteiger partial charge in [0.25, 0.3) is 0 Å². The average Bonchev–Trinajstić information content (AvgIpc) is 3.40. The van der Waals surface area contributed by atoms with Gasteiger partial charge in [0.05, 0.1) is 0 Å². The molecular formula is C27H28Cl2OSiZr. The third kappa shape index (κ3) is 7.97. The molecule has 0 bridgehead atoms. The van der Waals surface area contributed by atoms with Crippen molar-refractivity contribution in [1.29, 1.82) is 0 Å². The SMILES string of the molecule is C[Si]C.OCCCc1c[cH-]c2ccccc12.[Cl][Zr+2][Cl].c1ccc2c(c1)[cH-]c1ccccc12. The van der Waals surface area contributed by atoms with E-state index in [2.05, 4.69) is 104 Å².